The van der Waals surface area contributed by atoms with Crippen LogP contribution in [-0.4, -0.2) is 53.1 Å². The first-order chi connectivity index (χ1) is 13.0. The minimum Gasteiger partial charge on any atom is -0.379 e. The van der Waals surface area contributed by atoms with E-state index in [1.807, 2.05) is 42.3 Å². The van der Waals surface area contributed by atoms with Gasteiger partial charge in [-0.05, 0) is 49.9 Å². The number of likely N-dealkylation sites (tertiary alicyclic amines) is 1. The molecule has 1 aliphatic rings. The van der Waals surface area contributed by atoms with E-state index in [1.165, 1.54) is 16.7 Å². The molecule has 0 bridgehead atoms. The van der Waals surface area contributed by atoms with Crippen molar-refractivity contribution in [3.05, 3.63) is 71.3 Å². The fraction of sp³-hybridized carbons (Fsp3) is 0.435. The number of likely N-dealkylation sites (N-methyl/N-ethyl adjacent to an activating group) is 1. The molecule has 1 fully saturated rings. The topological polar surface area (TPSA) is 43.8 Å². The van der Waals surface area contributed by atoms with Crippen molar-refractivity contribution in [3.63, 3.8) is 0 Å². The number of nitrogens with zero attached hydrogens (tertiary/aromatic N) is 2. The lowest BCUT2D eigenvalue weighted by Crippen LogP contribution is -2.58. The van der Waals surface area contributed by atoms with Crippen LogP contribution in [0, 0.1) is 6.92 Å². The third-order valence-corrected chi connectivity index (χ3v) is 5.45. The third kappa shape index (κ3) is 4.96. The van der Waals surface area contributed by atoms with E-state index in [-0.39, 0.29) is 5.91 Å². The highest BCUT2D eigenvalue weighted by Gasteiger charge is 2.42. The maximum atomic E-state index is 13.0. The van der Waals surface area contributed by atoms with Crippen LogP contribution in [0.2, 0.25) is 0 Å². The zero-order valence-electron chi connectivity index (χ0n) is 16.4. The Kier molecular flexibility index (Phi) is 6.30. The van der Waals surface area contributed by atoms with Gasteiger partial charge >= 0.3 is 0 Å². The number of carbonyl (C=O) groups excluding carboxylic acids is 1. The Morgan fingerprint density at radius 2 is 1.81 bits per heavy atom. The fourth-order valence-electron chi connectivity index (χ4n) is 3.91. The molecule has 2 aromatic carbocycles. The van der Waals surface area contributed by atoms with Crippen LogP contribution in [0.1, 0.15) is 29.5 Å². The quantitative estimate of drug-likeness (QED) is 0.819. The molecule has 1 aliphatic heterocycles. The van der Waals surface area contributed by atoms with Gasteiger partial charge in [-0.1, -0.05) is 54.6 Å². The SMILES string of the molecule is Cc1ccccc1CN(C)C[C@@]1(O)CCCN(CCc2ccccc2)C1=O. The average molecular weight is 367 g/mol. The summed E-state index contributed by atoms with van der Waals surface area (Å²) in [6.07, 6.45) is 2.20. The number of carbonyl (C=O) groups is 1. The van der Waals surface area contributed by atoms with Gasteiger partial charge in [0, 0.05) is 26.2 Å². The Balaban J connectivity index is 1.60. The van der Waals surface area contributed by atoms with Gasteiger partial charge in [0.25, 0.3) is 5.91 Å². The highest BCUT2D eigenvalue weighted by Crippen LogP contribution is 2.25. The van der Waals surface area contributed by atoms with Crippen LogP contribution < -0.4 is 0 Å². The molecule has 4 heteroatoms. The lowest BCUT2D eigenvalue weighted by molar-refractivity contribution is -0.159. The summed E-state index contributed by atoms with van der Waals surface area (Å²) in [5.41, 5.74) is 2.39. The fourth-order valence-corrected chi connectivity index (χ4v) is 3.91. The molecule has 0 spiro atoms. The Morgan fingerprint density at radius 1 is 1.11 bits per heavy atom. The lowest BCUT2D eigenvalue weighted by Gasteiger charge is -2.40. The predicted octanol–water partition coefficient (Wildman–Crippen LogP) is 3.02. The minimum absolute atomic E-state index is 0.124. The van der Waals surface area contributed by atoms with Gasteiger partial charge in [-0.15, -0.1) is 0 Å². The van der Waals surface area contributed by atoms with Gasteiger partial charge in [0.15, 0.2) is 5.60 Å². The van der Waals surface area contributed by atoms with E-state index in [0.717, 1.165) is 25.9 Å². The van der Waals surface area contributed by atoms with Crippen molar-refractivity contribution >= 4 is 5.91 Å². The van der Waals surface area contributed by atoms with Gasteiger partial charge in [-0.2, -0.15) is 0 Å². The van der Waals surface area contributed by atoms with E-state index in [0.29, 0.717) is 19.5 Å². The zero-order valence-corrected chi connectivity index (χ0v) is 16.4. The molecule has 1 N–H and O–H groups in total. The Hall–Kier alpha value is -2.17. The molecular weight excluding hydrogens is 336 g/mol. The summed E-state index contributed by atoms with van der Waals surface area (Å²) in [7, 11) is 1.97. The number of hydrogen-bond acceptors (Lipinski definition) is 3. The van der Waals surface area contributed by atoms with Crippen molar-refractivity contribution in [2.45, 2.75) is 38.3 Å². The molecule has 0 aliphatic carbocycles. The summed E-state index contributed by atoms with van der Waals surface area (Å²) in [5.74, 6) is -0.124. The summed E-state index contributed by atoms with van der Waals surface area (Å²) in [5, 5.41) is 11.1. The van der Waals surface area contributed by atoms with Crippen molar-refractivity contribution in [1.29, 1.82) is 0 Å². The molecular formula is C23H30N2O2. The second-order valence-electron chi connectivity index (χ2n) is 7.76. The Labute approximate surface area is 162 Å². The van der Waals surface area contributed by atoms with Gasteiger partial charge in [-0.3, -0.25) is 9.69 Å². The molecule has 0 aromatic heterocycles. The Bertz CT molecular complexity index is 762. The minimum atomic E-state index is -1.29. The van der Waals surface area contributed by atoms with E-state index in [4.69, 9.17) is 0 Å². The number of amides is 1. The third-order valence-electron chi connectivity index (χ3n) is 5.45. The van der Waals surface area contributed by atoms with Crippen LogP contribution in [0.5, 0.6) is 0 Å². The van der Waals surface area contributed by atoms with Crippen molar-refractivity contribution in [1.82, 2.24) is 9.80 Å². The van der Waals surface area contributed by atoms with E-state index >= 15 is 0 Å². The van der Waals surface area contributed by atoms with Crippen LogP contribution in [0.3, 0.4) is 0 Å². The number of piperidine rings is 1. The predicted molar refractivity (Wildman–Crippen MR) is 108 cm³/mol. The number of benzene rings is 2. The highest BCUT2D eigenvalue weighted by molar-refractivity contribution is 5.86. The van der Waals surface area contributed by atoms with Crippen LogP contribution in [0.25, 0.3) is 0 Å². The van der Waals surface area contributed by atoms with Gasteiger partial charge in [0.1, 0.15) is 0 Å². The molecule has 4 nitrogen and oxygen atoms in total. The van der Waals surface area contributed by atoms with Crippen LogP contribution in [0.4, 0.5) is 0 Å². The van der Waals surface area contributed by atoms with Gasteiger partial charge in [-0.25, -0.2) is 0 Å². The monoisotopic (exact) mass is 366 g/mol. The van der Waals surface area contributed by atoms with E-state index < -0.39 is 5.60 Å². The van der Waals surface area contributed by atoms with Gasteiger partial charge in [0.05, 0.1) is 0 Å². The molecule has 0 radical (unpaired) electrons. The van der Waals surface area contributed by atoms with E-state index in [2.05, 4.69) is 36.1 Å². The standard InChI is InChI=1S/C23H30N2O2/c1-19-9-6-7-12-21(19)17-24(2)18-23(27)14-8-15-25(22(23)26)16-13-20-10-4-3-5-11-20/h3-7,9-12,27H,8,13-18H2,1-2H3/t23-/m0/s1. The van der Waals surface area contributed by atoms with Crippen molar-refractivity contribution < 1.29 is 9.90 Å². The first-order valence-electron chi connectivity index (χ1n) is 9.77. The molecule has 0 unspecified atom stereocenters. The first-order valence-corrected chi connectivity index (χ1v) is 9.77. The maximum absolute atomic E-state index is 13.0. The van der Waals surface area contributed by atoms with Crippen LogP contribution in [0.15, 0.2) is 54.6 Å². The smallest absolute Gasteiger partial charge is 0.255 e. The van der Waals surface area contributed by atoms with Gasteiger partial charge in [0.2, 0.25) is 0 Å². The number of aliphatic hydroxyl groups is 1. The summed E-state index contributed by atoms with van der Waals surface area (Å²) in [4.78, 5) is 16.9. The summed E-state index contributed by atoms with van der Waals surface area (Å²) >= 11 is 0. The summed E-state index contributed by atoms with van der Waals surface area (Å²) in [6, 6.07) is 18.4. The molecule has 144 valence electrons. The van der Waals surface area contributed by atoms with Gasteiger partial charge < -0.3 is 10.0 Å². The molecule has 1 heterocycles. The number of rotatable bonds is 7. The second kappa shape index (κ2) is 8.68. The highest BCUT2D eigenvalue weighted by atomic mass is 16.3. The molecule has 2 aromatic rings. The zero-order chi connectivity index (χ0) is 19.3. The van der Waals surface area contributed by atoms with E-state index in [9.17, 15) is 9.90 Å². The largest absolute Gasteiger partial charge is 0.379 e. The maximum Gasteiger partial charge on any atom is 0.255 e. The normalized spacial score (nSPS) is 20.3. The lowest BCUT2D eigenvalue weighted by atomic mass is 9.90. The van der Waals surface area contributed by atoms with Crippen molar-refractivity contribution in [2.24, 2.45) is 0 Å². The molecule has 27 heavy (non-hydrogen) atoms. The number of hydrogen-bond donors (Lipinski definition) is 1. The number of aryl methyl sites for hydroxylation is 1. The average Bonchev–Trinajstić information content (AvgIpc) is 2.66. The van der Waals surface area contributed by atoms with Crippen molar-refractivity contribution in [2.75, 3.05) is 26.7 Å². The van der Waals surface area contributed by atoms with Crippen LogP contribution >= 0.6 is 0 Å². The molecule has 1 saturated heterocycles. The van der Waals surface area contributed by atoms with Crippen molar-refractivity contribution in [3.8, 4) is 0 Å². The van der Waals surface area contributed by atoms with Crippen LogP contribution in [-0.2, 0) is 17.8 Å². The molecule has 3 rings (SSSR count). The Morgan fingerprint density at radius 3 is 2.56 bits per heavy atom. The molecule has 0 saturated carbocycles. The molecule has 1 amide bonds. The van der Waals surface area contributed by atoms with E-state index in [1.54, 1.807) is 0 Å². The second-order valence-corrected chi connectivity index (χ2v) is 7.76. The summed E-state index contributed by atoms with van der Waals surface area (Å²) < 4.78 is 0. The first kappa shape index (κ1) is 19.6. The molecule has 1 atom stereocenters. The summed E-state index contributed by atoms with van der Waals surface area (Å²) in [6.45, 7) is 4.57.